The summed E-state index contributed by atoms with van der Waals surface area (Å²) in [4.78, 5) is 18.0. The molecule has 2 aliphatic rings. The fraction of sp³-hybridized carbons (Fsp3) is 0.444. The molecule has 3 aromatic rings. The van der Waals surface area contributed by atoms with Crippen LogP contribution in [0, 0.1) is 19.7 Å². The van der Waals surface area contributed by atoms with Gasteiger partial charge in [0.2, 0.25) is 5.88 Å². The number of Topliss-reactive ketones (excluding diaryl/α,β-unsaturated/α-hetero) is 1. The number of rotatable bonds is 8. The van der Waals surface area contributed by atoms with Gasteiger partial charge in [0.1, 0.15) is 12.4 Å². The Morgan fingerprint density at radius 3 is 2.33 bits per heavy atom. The number of nitrogens with zero attached hydrogens (tertiary/aromatic N) is 2. The third kappa shape index (κ3) is 11.5. The number of carbonyl (C=O) groups excluding carboxylic acids is 1. The molecule has 43 heavy (non-hydrogen) atoms. The van der Waals surface area contributed by atoms with E-state index in [0.29, 0.717) is 28.5 Å². The van der Waals surface area contributed by atoms with Crippen LogP contribution in [0.2, 0.25) is 5.02 Å². The quantitative estimate of drug-likeness (QED) is 0.189. The van der Waals surface area contributed by atoms with Crippen molar-refractivity contribution < 1.29 is 18.7 Å². The van der Waals surface area contributed by atoms with Crippen LogP contribution < -0.4 is 4.74 Å². The zero-order valence-electron chi connectivity index (χ0n) is 26.3. The zero-order chi connectivity index (χ0) is 31.4. The number of hydrogen-bond acceptors (Lipinski definition) is 5. The van der Waals surface area contributed by atoms with Crippen molar-refractivity contribution in [1.29, 1.82) is 0 Å². The number of likely N-dealkylation sites (tertiary alicyclic amines) is 1. The summed E-state index contributed by atoms with van der Waals surface area (Å²) in [5.41, 5.74) is 5.93. The van der Waals surface area contributed by atoms with Crippen LogP contribution in [0.3, 0.4) is 0 Å². The lowest BCUT2D eigenvalue weighted by atomic mass is 9.93. The summed E-state index contributed by atoms with van der Waals surface area (Å²) in [5.74, 6) is 0.736. The second kappa shape index (κ2) is 17.3. The lowest BCUT2D eigenvalue weighted by Gasteiger charge is -2.31. The molecule has 1 aromatic heterocycles. The van der Waals surface area contributed by atoms with Crippen LogP contribution in [-0.4, -0.2) is 48.0 Å². The van der Waals surface area contributed by atoms with Crippen LogP contribution in [0.15, 0.2) is 66.7 Å². The van der Waals surface area contributed by atoms with E-state index in [9.17, 15) is 9.18 Å². The van der Waals surface area contributed by atoms with E-state index in [2.05, 4.69) is 36.4 Å². The van der Waals surface area contributed by atoms with Crippen LogP contribution in [0.25, 0.3) is 0 Å². The average molecular weight is 609 g/mol. The summed E-state index contributed by atoms with van der Waals surface area (Å²) in [6.45, 7) is 18.1. The Bertz CT molecular complexity index is 1350. The summed E-state index contributed by atoms with van der Waals surface area (Å²) in [5, 5.41) is 0.379. The van der Waals surface area contributed by atoms with E-state index in [1.807, 2.05) is 44.2 Å². The van der Waals surface area contributed by atoms with Crippen molar-refractivity contribution in [2.24, 2.45) is 0 Å². The van der Waals surface area contributed by atoms with E-state index >= 15 is 0 Å². The van der Waals surface area contributed by atoms with Gasteiger partial charge in [-0.3, -0.25) is 9.69 Å². The fourth-order valence-corrected chi connectivity index (χ4v) is 5.02. The molecule has 2 aromatic carbocycles. The highest BCUT2D eigenvalue weighted by atomic mass is 35.5. The lowest BCUT2D eigenvalue weighted by Crippen LogP contribution is -2.34. The number of ether oxygens (including phenoxy) is 2. The van der Waals surface area contributed by atoms with Crippen molar-refractivity contribution in [3.63, 3.8) is 0 Å². The Hall–Kier alpha value is -3.06. The number of benzene rings is 2. The molecule has 0 N–H and O–H groups in total. The monoisotopic (exact) mass is 608 g/mol. The normalized spacial score (nSPS) is 16.6. The van der Waals surface area contributed by atoms with E-state index in [4.69, 9.17) is 21.1 Å². The van der Waals surface area contributed by atoms with Crippen LogP contribution >= 0.6 is 11.6 Å². The zero-order valence-corrected chi connectivity index (χ0v) is 27.1. The van der Waals surface area contributed by atoms with Gasteiger partial charge in [0.15, 0.2) is 5.78 Å². The maximum absolute atomic E-state index is 13.9. The van der Waals surface area contributed by atoms with Gasteiger partial charge in [0, 0.05) is 47.0 Å². The van der Waals surface area contributed by atoms with E-state index < -0.39 is 0 Å². The number of carbonyl (C=O) groups is 1. The molecule has 1 atom stereocenters. The predicted molar refractivity (Wildman–Crippen MR) is 174 cm³/mol. The number of halogens is 2. The Kier molecular flexibility index (Phi) is 13.8. The van der Waals surface area contributed by atoms with Gasteiger partial charge in [-0.05, 0) is 102 Å². The minimum atomic E-state index is -0.362. The van der Waals surface area contributed by atoms with E-state index in [-0.39, 0.29) is 18.2 Å². The van der Waals surface area contributed by atoms with Gasteiger partial charge in [-0.25, -0.2) is 9.37 Å². The van der Waals surface area contributed by atoms with Gasteiger partial charge in [0.05, 0.1) is 6.10 Å². The maximum atomic E-state index is 13.9. The van der Waals surface area contributed by atoms with Crippen molar-refractivity contribution in [1.82, 2.24) is 9.88 Å². The fourth-order valence-electron chi connectivity index (χ4n) is 4.86. The first-order valence-electron chi connectivity index (χ1n) is 15.2. The van der Waals surface area contributed by atoms with Crippen LogP contribution in [0.4, 0.5) is 4.39 Å². The smallest absolute Gasteiger partial charge is 0.213 e. The Labute approximate surface area is 262 Å². The first-order chi connectivity index (χ1) is 20.5. The summed E-state index contributed by atoms with van der Waals surface area (Å²) < 4.78 is 24.6. The number of aryl methyl sites for hydroxylation is 2. The predicted octanol–water partition coefficient (Wildman–Crippen LogP) is 8.90. The molecule has 2 aliphatic heterocycles. The molecular formula is C36H46ClFN2O3. The van der Waals surface area contributed by atoms with Gasteiger partial charge in [0.25, 0.3) is 0 Å². The maximum Gasteiger partial charge on any atom is 0.213 e. The minimum Gasteiger partial charge on any atom is -0.473 e. The highest BCUT2D eigenvalue weighted by Crippen LogP contribution is 2.28. The molecule has 5 nitrogen and oxygen atoms in total. The van der Waals surface area contributed by atoms with E-state index in [0.717, 1.165) is 50.3 Å². The molecule has 232 valence electrons. The van der Waals surface area contributed by atoms with Crippen LogP contribution in [0.1, 0.15) is 85.1 Å². The Balaban J connectivity index is 0.000000242. The van der Waals surface area contributed by atoms with E-state index in [1.54, 1.807) is 19.1 Å². The van der Waals surface area contributed by atoms with Gasteiger partial charge in [-0.15, -0.1) is 0 Å². The number of ketones is 1. The van der Waals surface area contributed by atoms with Gasteiger partial charge >= 0.3 is 0 Å². The topological polar surface area (TPSA) is 51.7 Å². The van der Waals surface area contributed by atoms with Crippen molar-refractivity contribution in [2.45, 2.75) is 78.9 Å². The first kappa shape index (κ1) is 34.4. The molecule has 0 spiro atoms. The van der Waals surface area contributed by atoms with Gasteiger partial charge < -0.3 is 9.47 Å². The number of pyridine rings is 1. The molecule has 2 saturated heterocycles. The first-order valence-corrected chi connectivity index (χ1v) is 15.5. The number of hydrogen-bond donors (Lipinski definition) is 0. The molecule has 1 unspecified atom stereocenters. The summed E-state index contributed by atoms with van der Waals surface area (Å²) in [6, 6.07) is 16.2. The second-order valence-electron chi connectivity index (χ2n) is 11.5. The number of piperidine rings is 1. The van der Waals surface area contributed by atoms with Gasteiger partial charge in [-0.1, -0.05) is 54.9 Å². The summed E-state index contributed by atoms with van der Waals surface area (Å²) in [6.07, 6.45) is 5.26. The standard InChI is InChI=1S/C21H24ClFN2O.C10H12O.C5H10O/c1-15(2)13-25-10-8-16(9-11-25)20-4-3-5-21(24-20)26-14-17-6-7-18(22)12-19(17)23;1-7-4-5-10(9(3)11)6-8(7)2;1-2-5-3-4-6-5/h3-7,12,16H,1,8-11,13-14H2,2H3;4-6H,1-3H3;5H,2-4H2,1H3. The van der Waals surface area contributed by atoms with E-state index in [1.165, 1.54) is 35.6 Å². The van der Waals surface area contributed by atoms with Crippen molar-refractivity contribution >= 4 is 17.4 Å². The molecule has 0 bridgehead atoms. The Morgan fingerprint density at radius 1 is 1.07 bits per heavy atom. The molecule has 0 aliphatic carbocycles. The third-order valence-corrected chi connectivity index (χ3v) is 8.03. The average Bonchev–Trinajstić information content (AvgIpc) is 2.94. The largest absolute Gasteiger partial charge is 0.473 e. The highest BCUT2D eigenvalue weighted by molar-refractivity contribution is 6.30. The molecule has 3 heterocycles. The van der Waals surface area contributed by atoms with Crippen LogP contribution in [-0.2, 0) is 11.3 Å². The van der Waals surface area contributed by atoms with Gasteiger partial charge in [-0.2, -0.15) is 0 Å². The molecule has 7 heteroatoms. The SMILES string of the molecule is C=C(C)CN1CCC(c2cccc(OCc3ccc(Cl)cc3F)n2)CC1.CC(=O)c1ccc(C)c(C)c1.CCC1CCO1. The molecular weight excluding hydrogens is 563 g/mol. The van der Waals surface area contributed by atoms with Crippen LogP contribution in [0.5, 0.6) is 5.88 Å². The van der Waals surface area contributed by atoms with Crippen molar-refractivity contribution in [3.05, 3.63) is 106 Å². The molecule has 0 amide bonds. The molecule has 0 radical (unpaired) electrons. The minimum absolute atomic E-state index is 0.133. The third-order valence-electron chi connectivity index (χ3n) is 7.80. The van der Waals surface area contributed by atoms with Crippen molar-refractivity contribution in [3.8, 4) is 5.88 Å². The molecule has 5 rings (SSSR count). The summed E-state index contributed by atoms with van der Waals surface area (Å²) in [7, 11) is 0. The Morgan fingerprint density at radius 2 is 1.79 bits per heavy atom. The highest BCUT2D eigenvalue weighted by Gasteiger charge is 2.22. The lowest BCUT2D eigenvalue weighted by molar-refractivity contribution is -0.0516. The van der Waals surface area contributed by atoms with Crippen molar-refractivity contribution in [2.75, 3.05) is 26.2 Å². The molecule has 0 saturated carbocycles. The molecule has 2 fully saturated rings. The number of aromatic nitrogens is 1. The second-order valence-corrected chi connectivity index (χ2v) is 11.9. The summed E-state index contributed by atoms with van der Waals surface area (Å²) >= 11 is 5.78.